The van der Waals surface area contributed by atoms with Gasteiger partial charge >= 0.3 is 0 Å². The monoisotopic (exact) mass is 157 g/mol. The van der Waals surface area contributed by atoms with E-state index in [0.717, 1.165) is 19.4 Å². The molecule has 2 unspecified atom stereocenters. The van der Waals surface area contributed by atoms with Gasteiger partial charge in [-0.3, -0.25) is 0 Å². The molecule has 0 bridgehead atoms. The molecule has 2 atom stereocenters. The third kappa shape index (κ3) is 2.17. The fraction of sp³-hybridized carbons (Fsp3) is 1.00. The molecule has 1 saturated heterocycles. The number of hydrogen-bond acceptors (Lipinski definition) is 2. The van der Waals surface area contributed by atoms with Crippen LogP contribution in [0.1, 0.15) is 26.7 Å². The highest BCUT2D eigenvalue weighted by atomic mass is 16.3. The van der Waals surface area contributed by atoms with E-state index in [-0.39, 0.29) is 6.10 Å². The maximum absolute atomic E-state index is 9.42. The fourth-order valence-electron chi connectivity index (χ4n) is 1.88. The largest absolute Gasteiger partial charge is 0.393 e. The lowest BCUT2D eigenvalue weighted by Gasteiger charge is -2.37. The molecule has 1 heterocycles. The van der Waals surface area contributed by atoms with Gasteiger partial charge in [-0.1, -0.05) is 13.8 Å². The summed E-state index contributed by atoms with van der Waals surface area (Å²) in [6.45, 7) is 5.49. The quantitative estimate of drug-likeness (QED) is 0.616. The summed E-state index contributed by atoms with van der Waals surface area (Å²) in [6.07, 6.45) is 1.84. The van der Waals surface area contributed by atoms with Crippen LogP contribution >= 0.6 is 0 Å². The van der Waals surface area contributed by atoms with E-state index < -0.39 is 0 Å². The molecule has 1 aliphatic heterocycles. The first-order chi connectivity index (χ1) is 5.11. The highest BCUT2D eigenvalue weighted by Crippen LogP contribution is 2.21. The van der Waals surface area contributed by atoms with Gasteiger partial charge in [0.25, 0.3) is 0 Å². The molecule has 2 nitrogen and oxygen atoms in total. The molecule has 0 aromatic rings. The smallest absolute Gasteiger partial charge is 0.0567 e. The van der Waals surface area contributed by atoms with E-state index in [2.05, 4.69) is 25.8 Å². The summed E-state index contributed by atoms with van der Waals surface area (Å²) in [7, 11) is 2.15. The van der Waals surface area contributed by atoms with E-state index >= 15 is 0 Å². The summed E-state index contributed by atoms with van der Waals surface area (Å²) in [5, 5.41) is 9.42. The summed E-state index contributed by atoms with van der Waals surface area (Å²) in [4.78, 5) is 2.36. The molecule has 1 aliphatic rings. The highest BCUT2D eigenvalue weighted by molar-refractivity contribution is 4.81. The molecule has 0 aromatic carbocycles. The first kappa shape index (κ1) is 9.01. The number of piperidine rings is 1. The lowest BCUT2D eigenvalue weighted by Crippen LogP contribution is -2.44. The Morgan fingerprint density at radius 3 is 2.55 bits per heavy atom. The van der Waals surface area contributed by atoms with E-state index in [4.69, 9.17) is 0 Å². The normalized spacial score (nSPS) is 34.6. The molecule has 0 aliphatic carbocycles. The van der Waals surface area contributed by atoms with Crippen molar-refractivity contribution >= 4 is 0 Å². The molecule has 0 radical (unpaired) electrons. The minimum atomic E-state index is -0.0569. The molecule has 11 heavy (non-hydrogen) atoms. The minimum Gasteiger partial charge on any atom is -0.393 e. The molecule has 0 amide bonds. The molecule has 1 fully saturated rings. The second-order valence-corrected chi connectivity index (χ2v) is 3.97. The van der Waals surface area contributed by atoms with Crippen LogP contribution < -0.4 is 0 Å². The number of likely N-dealkylation sites (tertiary alicyclic amines) is 1. The maximum atomic E-state index is 9.42. The third-order valence-electron chi connectivity index (χ3n) is 2.66. The summed E-state index contributed by atoms with van der Waals surface area (Å²) >= 11 is 0. The third-order valence-corrected chi connectivity index (χ3v) is 2.66. The van der Waals surface area contributed by atoms with Gasteiger partial charge in [0.05, 0.1) is 6.10 Å². The van der Waals surface area contributed by atoms with E-state index in [9.17, 15) is 5.11 Å². The Hall–Kier alpha value is -0.0800. The molecule has 0 saturated carbocycles. The van der Waals surface area contributed by atoms with Crippen LogP contribution in [-0.2, 0) is 0 Å². The molecule has 1 N–H and O–H groups in total. The van der Waals surface area contributed by atoms with Gasteiger partial charge < -0.3 is 10.0 Å². The van der Waals surface area contributed by atoms with Gasteiger partial charge in [0.15, 0.2) is 0 Å². The van der Waals surface area contributed by atoms with Crippen molar-refractivity contribution in [3.8, 4) is 0 Å². The van der Waals surface area contributed by atoms with Crippen molar-refractivity contribution in [2.24, 2.45) is 5.92 Å². The van der Waals surface area contributed by atoms with Gasteiger partial charge in [0, 0.05) is 12.6 Å². The van der Waals surface area contributed by atoms with Gasteiger partial charge in [-0.25, -0.2) is 0 Å². The Kier molecular flexibility index (Phi) is 2.90. The number of aliphatic hydroxyl groups is 1. The van der Waals surface area contributed by atoms with Crippen molar-refractivity contribution < 1.29 is 5.11 Å². The van der Waals surface area contributed by atoms with Crippen LogP contribution in [-0.4, -0.2) is 35.7 Å². The Morgan fingerprint density at radius 2 is 2.09 bits per heavy atom. The topological polar surface area (TPSA) is 23.5 Å². The van der Waals surface area contributed by atoms with Crippen molar-refractivity contribution in [3.63, 3.8) is 0 Å². The molecule has 1 rings (SSSR count). The van der Waals surface area contributed by atoms with Crippen molar-refractivity contribution in [1.82, 2.24) is 4.90 Å². The zero-order chi connectivity index (χ0) is 8.43. The Labute approximate surface area is 69.2 Å². The van der Waals surface area contributed by atoms with Gasteiger partial charge in [0.2, 0.25) is 0 Å². The maximum Gasteiger partial charge on any atom is 0.0567 e. The number of rotatable bonds is 1. The average Bonchev–Trinajstić information content (AvgIpc) is 1.94. The van der Waals surface area contributed by atoms with Crippen LogP contribution in [0.3, 0.4) is 0 Å². The summed E-state index contributed by atoms with van der Waals surface area (Å²) in [6, 6.07) is 0.582. The summed E-state index contributed by atoms with van der Waals surface area (Å²) in [5.41, 5.74) is 0. The Bertz CT molecular complexity index is 125. The first-order valence-electron chi connectivity index (χ1n) is 4.49. The Morgan fingerprint density at radius 1 is 1.45 bits per heavy atom. The van der Waals surface area contributed by atoms with E-state index in [1.807, 2.05) is 0 Å². The Balaban J connectivity index is 2.47. The zero-order valence-electron chi connectivity index (χ0n) is 7.75. The van der Waals surface area contributed by atoms with Crippen LogP contribution in [0.4, 0.5) is 0 Å². The van der Waals surface area contributed by atoms with Crippen LogP contribution in [0.15, 0.2) is 0 Å². The lowest BCUT2D eigenvalue weighted by atomic mass is 9.92. The summed E-state index contributed by atoms with van der Waals surface area (Å²) < 4.78 is 0. The second-order valence-electron chi connectivity index (χ2n) is 3.97. The first-order valence-corrected chi connectivity index (χ1v) is 4.49. The van der Waals surface area contributed by atoms with Crippen molar-refractivity contribution in [2.75, 3.05) is 13.6 Å². The van der Waals surface area contributed by atoms with Crippen molar-refractivity contribution in [2.45, 2.75) is 38.8 Å². The number of hydrogen-bond donors (Lipinski definition) is 1. The molecule has 66 valence electrons. The van der Waals surface area contributed by atoms with Crippen LogP contribution in [0.2, 0.25) is 0 Å². The SMILES string of the molecule is CC(C)C1CC(O)CCN1C. The number of nitrogens with zero attached hydrogens (tertiary/aromatic N) is 1. The van der Waals surface area contributed by atoms with E-state index in [1.54, 1.807) is 0 Å². The lowest BCUT2D eigenvalue weighted by molar-refractivity contribution is 0.0378. The average molecular weight is 157 g/mol. The molecular formula is C9H19NO. The van der Waals surface area contributed by atoms with Crippen molar-refractivity contribution in [1.29, 1.82) is 0 Å². The van der Waals surface area contributed by atoms with E-state index in [0.29, 0.717) is 12.0 Å². The molecular weight excluding hydrogens is 138 g/mol. The van der Waals surface area contributed by atoms with Crippen LogP contribution in [0.5, 0.6) is 0 Å². The van der Waals surface area contributed by atoms with Crippen LogP contribution in [0, 0.1) is 5.92 Å². The predicted molar refractivity (Wildman–Crippen MR) is 46.5 cm³/mol. The molecule has 2 heteroatoms. The summed E-state index contributed by atoms with van der Waals surface area (Å²) in [5.74, 6) is 0.662. The molecule has 0 spiro atoms. The molecule has 0 aromatic heterocycles. The second kappa shape index (κ2) is 3.55. The van der Waals surface area contributed by atoms with Gasteiger partial charge in [-0.15, -0.1) is 0 Å². The minimum absolute atomic E-state index is 0.0569. The fourth-order valence-corrected chi connectivity index (χ4v) is 1.88. The predicted octanol–water partition coefficient (Wildman–Crippen LogP) is 1.10. The van der Waals surface area contributed by atoms with Gasteiger partial charge in [-0.2, -0.15) is 0 Å². The van der Waals surface area contributed by atoms with Crippen molar-refractivity contribution in [3.05, 3.63) is 0 Å². The van der Waals surface area contributed by atoms with E-state index in [1.165, 1.54) is 0 Å². The number of aliphatic hydroxyl groups excluding tert-OH is 1. The highest BCUT2D eigenvalue weighted by Gasteiger charge is 2.26. The van der Waals surface area contributed by atoms with Gasteiger partial charge in [-0.05, 0) is 25.8 Å². The standard InChI is InChI=1S/C9H19NO/c1-7(2)9-6-8(11)4-5-10(9)3/h7-9,11H,4-6H2,1-3H3. The zero-order valence-corrected chi connectivity index (χ0v) is 7.75. The van der Waals surface area contributed by atoms with Gasteiger partial charge in [0.1, 0.15) is 0 Å². The van der Waals surface area contributed by atoms with Crippen LogP contribution in [0.25, 0.3) is 0 Å².